The maximum atomic E-state index is 3.58. The zero-order chi connectivity index (χ0) is 9.64. The normalized spacial score (nSPS) is 36.0. The van der Waals surface area contributed by atoms with Gasteiger partial charge in [-0.3, -0.25) is 0 Å². The Kier molecular flexibility index (Phi) is 4.30. The van der Waals surface area contributed by atoms with Gasteiger partial charge in [0, 0.05) is 0 Å². The lowest BCUT2D eigenvalue weighted by Crippen LogP contribution is -2.12. The third kappa shape index (κ3) is 2.98. The van der Waals surface area contributed by atoms with Crippen molar-refractivity contribution in [2.75, 3.05) is 13.1 Å². The van der Waals surface area contributed by atoms with Gasteiger partial charge in [-0.1, -0.05) is 44.9 Å². The minimum Gasteiger partial charge on any atom is -0.316 e. The van der Waals surface area contributed by atoms with Gasteiger partial charge in [-0.2, -0.15) is 0 Å². The lowest BCUT2D eigenvalue weighted by molar-refractivity contribution is 0.354. The van der Waals surface area contributed by atoms with Crippen LogP contribution < -0.4 is 5.32 Å². The van der Waals surface area contributed by atoms with Crippen LogP contribution in [0.3, 0.4) is 0 Å². The molecule has 0 aromatic heterocycles. The first-order chi connectivity index (χ1) is 6.97. The van der Waals surface area contributed by atoms with Crippen molar-refractivity contribution in [1.82, 2.24) is 5.32 Å². The van der Waals surface area contributed by atoms with Gasteiger partial charge in [-0.25, -0.2) is 0 Å². The predicted molar refractivity (Wildman–Crippen MR) is 61.4 cm³/mol. The average molecular weight is 195 g/mol. The molecular formula is C13H25N. The van der Waals surface area contributed by atoms with Crippen molar-refractivity contribution in [2.24, 2.45) is 11.8 Å². The van der Waals surface area contributed by atoms with Crippen LogP contribution in [0.25, 0.3) is 0 Å². The Labute approximate surface area is 88.7 Å². The van der Waals surface area contributed by atoms with Crippen molar-refractivity contribution >= 4 is 0 Å². The van der Waals surface area contributed by atoms with Crippen molar-refractivity contribution in [3.8, 4) is 0 Å². The van der Waals surface area contributed by atoms with E-state index in [0.29, 0.717) is 0 Å². The van der Waals surface area contributed by atoms with Crippen LogP contribution in [-0.4, -0.2) is 13.1 Å². The summed E-state index contributed by atoms with van der Waals surface area (Å²) >= 11 is 0. The molecule has 0 spiro atoms. The molecule has 0 aromatic carbocycles. The number of hydrogen-bond acceptors (Lipinski definition) is 1. The highest BCUT2D eigenvalue weighted by Crippen LogP contribution is 2.28. The van der Waals surface area contributed by atoms with E-state index in [0.717, 1.165) is 11.8 Å². The fraction of sp³-hybridized carbons (Fsp3) is 1.00. The van der Waals surface area contributed by atoms with E-state index in [2.05, 4.69) is 5.32 Å². The van der Waals surface area contributed by atoms with Crippen molar-refractivity contribution in [2.45, 2.75) is 57.8 Å². The quantitative estimate of drug-likeness (QED) is 0.625. The summed E-state index contributed by atoms with van der Waals surface area (Å²) in [7, 11) is 0. The number of fused-ring (bicyclic) bond motifs is 1. The zero-order valence-electron chi connectivity index (χ0n) is 9.43. The first-order valence-corrected chi connectivity index (χ1v) is 6.67. The number of rotatable bonds is 0. The van der Waals surface area contributed by atoms with Crippen LogP contribution in [0.5, 0.6) is 0 Å². The Balaban J connectivity index is 1.80. The third-order valence-corrected chi connectivity index (χ3v) is 4.13. The third-order valence-electron chi connectivity index (χ3n) is 4.13. The topological polar surface area (TPSA) is 12.0 Å². The molecule has 1 heterocycles. The molecule has 1 saturated carbocycles. The highest BCUT2D eigenvalue weighted by atomic mass is 14.9. The van der Waals surface area contributed by atoms with Crippen LogP contribution >= 0.6 is 0 Å². The van der Waals surface area contributed by atoms with Crippen molar-refractivity contribution < 1.29 is 0 Å². The molecule has 82 valence electrons. The Hall–Kier alpha value is -0.0400. The number of hydrogen-bond donors (Lipinski definition) is 1. The molecule has 2 fully saturated rings. The van der Waals surface area contributed by atoms with Crippen LogP contribution in [0.4, 0.5) is 0 Å². The molecule has 0 radical (unpaired) electrons. The van der Waals surface area contributed by atoms with E-state index < -0.39 is 0 Å². The second-order valence-electron chi connectivity index (χ2n) is 5.23. The highest BCUT2D eigenvalue weighted by molar-refractivity contribution is 4.81. The molecule has 0 bridgehead atoms. The van der Waals surface area contributed by atoms with E-state index in [4.69, 9.17) is 0 Å². The van der Waals surface area contributed by atoms with E-state index >= 15 is 0 Å². The second-order valence-corrected chi connectivity index (χ2v) is 5.23. The van der Waals surface area contributed by atoms with E-state index in [1.807, 2.05) is 0 Å². The Morgan fingerprint density at radius 1 is 0.571 bits per heavy atom. The first kappa shape index (κ1) is 10.5. The van der Waals surface area contributed by atoms with Gasteiger partial charge in [0.25, 0.3) is 0 Å². The van der Waals surface area contributed by atoms with Gasteiger partial charge in [0.2, 0.25) is 0 Å². The Bertz CT molecular complexity index is 139. The summed E-state index contributed by atoms with van der Waals surface area (Å²) in [5.74, 6) is 2.04. The molecule has 1 unspecified atom stereocenters. The van der Waals surface area contributed by atoms with Crippen LogP contribution in [0.1, 0.15) is 57.8 Å². The van der Waals surface area contributed by atoms with Crippen LogP contribution in [0.15, 0.2) is 0 Å². The van der Waals surface area contributed by atoms with Gasteiger partial charge in [0.1, 0.15) is 0 Å². The summed E-state index contributed by atoms with van der Waals surface area (Å²) in [6.07, 6.45) is 13.4. The highest BCUT2D eigenvalue weighted by Gasteiger charge is 2.25. The number of nitrogens with one attached hydrogen (secondary N) is 1. The molecule has 2 aliphatic rings. The smallest absolute Gasteiger partial charge is 0.00173 e. The lowest BCUT2D eigenvalue weighted by Gasteiger charge is -2.17. The molecule has 1 heteroatoms. The molecule has 2 rings (SSSR count). The summed E-state index contributed by atoms with van der Waals surface area (Å²) in [4.78, 5) is 0. The molecule has 0 amide bonds. The zero-order valence-corrected chi connectivity index (χ0v) is 9.43. The summed E-state index contributed by atoms with van der Waals surface area (Å²) in [6.45, 7) is 2.62. The van der Waals surface area contributed by atoms with Crippen molar-refractivity contribution in [3.63, 3.8) is 0 Å². The Morgan fingerprint density at radius 2 is 1.00 bits per heavy atom. The minimum atomic E-state index is 1.02. The van der Waals surface area contributed by atoms with Crippen molar-refractivity contribution in [1.29, 1.82) is 0 Å². The lowest BCUT2D eigenvalue weighted by atomic mass is 9.87. The van der Waals surface area contributed by atoms with E-state index in [1.54, 1.807) is 0 Å². The largest absolute Gasteiger partial charge is 0.316 e. The Morgan fingerprint density at radius 3 is 1.50 bits per heavy atom. The molecule has 1 N–H and O–H groups in total. The summed E-state index contributed by atoms with van der Waals surface area (Å²) in [6, 6.07) is 0. The fourth-order valence-corrected chi connectivity index (χ4v) is 3.16. The van der Waals surface area contributed by atoms with Crippen molar-refractivity contribution in [3.05, 3.63) is 0 Å². The van der Waals surface area contributed by atoms with Gasteiger partial charge >= 0.3 is 0 Å². The molecule has 1 aliphatic heterocycles. The maximum absolute atomic E-state index is 3.58. The van der Waals surface area contributed by atoms with Crippen LogP contribution in [0.2, 0.25) is 0 Å². The minimum absolute atomic E-state index is 1.02. The van der Waals surface area contributed by atoms with E-state index in [9.17, 15) is 0 Å². The fourth-order valence-electron chi connectivity index (χ4n) is 3.16. The molecule has 1 nitrogen and oxygen atoms in total. The van der Waals surface area contributed by atoms with E-state index in [-0.39, 0.29) is 0 Å². The maximum Gasteiger partial charge on any atom is -0.00173 e. The standard InChI is InChI=1S/C13H25N/c1-2-4-6-8-12-10-14-11-13(12)9-7-5-3-1/h12-14H,1-11H2/t12-,13?/m0/s1. The summed E-state index contributed by atoms with van der Waals surface area (Å²) in [5, 5.41) is 3.58. The van der Waals surface area contributed by atoms with Gasteiger partial charge in [0.05, 0.1) is 0 Å². The molecule has 1 aliphatic carbocycles. The molecular weight excluding hydrogens is 170 g/mol. The predicted octanol–water partition coefficient (Wildman–Crippen LogP) is 3.35. The molecule has 0 aromatic rings. The summed E-state index contributed by atoms with van der Waals surface area (Å²) < 4.78 is 0. The van der Waals surface area contributed by atoms with Gasteiger partial charge < -0.3 is 5.32 Å². The molecule has 2 atom stereocenters. The molecule has 14 heavy (non-hydrogen) atoms. The summed E-state index contributed by atoms with van der Waals surface area (Å²) in [5.41, 5.74) is 0. The monoisotopic (exact) mass is 195 g/mol. The van der Waals surface area contributed by atoms with Gasteiger partial charge in [-0.15, -0.1) is 0 Å². The van der Waals surface area contributed by atoms with Gasteiger partial charge in [0.15, 0.2) is 0 Å². The SMILES string of the molecule is C1CCCCC2CNC[C@@H]2CCCC1. The first-order valence-electron chi connectivity index (χ1n) is 6.67. The van der Waals surface area contributed by atoms with Crippen LogP contribution in [-0.2, 0) is 0 Å². The molecule has 1 saturated heterocycles. The average Bonchev–Trinajstić information content (AvgIpc) is 2.61. The van der Waals surface area contributed by atoms with E-state index in [1.165, 1.54) is 70.9 Å². The van der Waals surface area contributed by atoms with Gasteiger partial charge in [-0.05, 0) is 37.8 Å². The second kappa shape index (κ2) is 5.75. The van der Waals surface area contributed by atoms with Crippen LogP contribution in [0, 0.1) is 11.8 Å².